The number of carbonyl (C=O) groups excluding carboxylic acids is 1. The Balaban J connectivity index is 1.71. The number of piperidine rings is 1. The standard InChI is InChI=1S/C17H21N3O/c1-12-9-10-18-11-16(12)20-17(21)19-15-8-4-6-13-5-2-3-7-14(13)15/h2-8,12,16,18H,9-11H2,1H3,(H2,19,20,21). The summed E-state index contributed by atoms with van der Waals surface area (Å²) in [7, 11) is 0. The quantitative estimate of drug-likeness (QED) is 0.793. The third-order valence-corrected chi connectivity index (χ3v) is 4.18. The Morgan fingerprint density at radius 1 is 1.19 bits per heavy atom. The van der Waals surface area contributed by atoms with Crippen molar-refractivity contribution in [2.45, 2.75) is 19.4 Å². The van der Waals surface area contributed by atoms with Gasteiger partial charge in [-0.2, -0.15) is 0 Å². The average Bonchev–Trinajstić information content (AvgIpc) is 2.50. The van der Waals surface area contributed by atoms with Crippen molar-refractivity contribution in [1.82, 2.24) is 10.6 Å². The van der Waals surface area contributed by atoms with Gasteiger partial charge in [0, 0.05) is 18.0 Å². The Morgan fingerprint density at radius 3 is 2.86 bits per heavy atom. The van der Waals surface area contributed by atoms with E-state index in [0.717, 1.165) is 36.0 Å². The van der Waals surface area contributed by atoms with Crippen LogP contribution >= 0.6 is 0 Å². The normalized spacial score (nSPS) is 22.0. The molecule has 3 rings (SSSR count). The highest BCUT2D eigenvalue weighted by molar-refractivity contribution is 6.01. The maximum atomic E-state index is 12.2. The zero-order valence-electron chi connectivity index (χ0n) is 12.2. The molecule has 2 atom stereocenters. The van der Waals surface area contributed by atoms with Crippen LogP contribution in [-0.2, 0) is 0 Å². The molecule has 2 aromatic rings. The van der Waals surface area contributed by atoms with Crippen LogP contribution in [0, 0.1) is 5.92 Å². The van der Waals surface area contributed by atoms with E-state index < -0.39 is 0 Å². The Kier molecular flexibility index (Phi) is 4.06. The SMILES string of the molecule is CC1CCNCC1NC(=O)Nc1cccc2ccccc12. The lowest BCUT2D eigenvalue weighted by molar-refractivity contribution is 0.236. The fourth-order valence-electron chi connectivity index (χ4n) is 2.84. The third-order valence-electron chi connectivity index (χ3n) is 4.18. The largest absolute Gasteiger partial charge is 0.334 e. The summed E-state index contributed by atoms with van der Waals surface area (Å²) in [6.45, 7) is 4.05. The van der Waals surface area contributed by atoms with Crippen LogP contribution in [0.15, 0.2) is 42.5 Å². The molecule has 0 bridgehead atoms. The number of amides is 2. The Bertz CT molecular complexity index is 635. The minimum Gasteiger partial charge on any atom is -0.334 e. The molecule has 3 N–H and O–H groups in total. The maximum Gasteiger partial charge on any atom is 0.319 e. The lowest BCUT2D eigenvalue weighted by atomic mass is 9.95. The van der Waals surface area contributed by atoms with E-state index in [-0.39, 0.29) is 12.1 Å². The molecule has 1 saturated heterocycles. The number of hydrogen-bond acceptors (Lipinski definition) is 2. The molecule has 1 fully saturated rings. The second-order valence-corrected chi connectivity index (χ2v) is 5.70. The first kappa shape index (κ1) is 13.9. The molecule has 1 aliphatic heterocycles. The van der Waals surface area contributed by atoms with Crippen LogP contribution in [0.25, 0.3) is 10.8 Å². The second kappa shape index (κ2) is 6.14. The van der Waals surface area contributed by atoms with Gasteiger partial charge in [-0.25, -0.2) is 4.79 Å². The molecule has 110 valence electrons. The van der Waals surface area contributed by atoms with Crippen LogP contribution in [0.3, 0.4) is 0 Å². The van der Waals surface area contributed by atoms with Crippen molar-refractivity contribution < 1.29 is 4.79 Å². The average molecular weight is 283 g/mol. The highest BCUT2D eigenvalue weighted by Crippen LogP contribution is 2.23. The molecule has 0 radical (unpaired) electrons. The summed E-state index contributed by atoms with van der Waals surface area (Å²) < 4.78 is 0. The number of benzene rings is 2. The maximum absolute atomic E-state index is 12.2. The zero-order chi connectivity index (χ0) is 14.7. The summed E-state index contributed by atoms with van der Waals surface area (Å²) in [5.41, 5.74) is 0.849. The van der Waals surface area contributed by atoms with Crippen molar-refractivity contribution >= 4 is 22.5 Å². The highest BCUT2D eigenvalue weighted by atomic mass is 16.2. The molecule has 21 heavy (non-hydrogen) atoms. The van der Waals surface area contributed by atoms with Crippen molar-refractivity contribution in [2.24, 2.45) is 5.92 Å². The van der Waals surface area contributed by atoms with Gasteiger partial charge in [0.05, 0.1) is 5.69 Å². The summed E-state index contributed by atoms with van der Waals surface area (Å²) in [6, 6.07) is 14.1. The van der Waals surface area contributed by atoms with Gasteiger partial charge in [0.15, 0.2) is 0 Å². The monoisotopic (exact) mass is 283 g/mol. The summed E-state index contributed by atoms with van der Waals surface area (Å²) >= 11 is 0. The predicted octanol–water partition coefficient (Wildman–Crippen LogP) is 2.96. The molecule has 4 nitrogen and oxygen atoms in total. The number of carbonyl (C=O) groups is 1. The van der Waals surface area contributed by atoms with Gasteiger partial charge in [-0.1, -0.05) is 43.3 Å². The molecular weight excluding hydrogens is 262 g/mol. The molecule has 1 aliphatic rings. The molecule has 4 heteroatoms. The Hall–Kier alpha value is -2.07. The Morgan fingerprint density at radius 2 is 2.00 bits per heavy atom. The van der Waals surface area contributed by atoms with Crippen molar-refractivity contribution in [3.05, 3.63) is 42.5 Å². The minimum absolute atomic E-state index is 0.132. The van der Waals surface area contributed by atoms with Crippen LogP contribution in [0.4, 0.5) is 10.5 Å². The molecule has 0 aromatic heterocycles. The van der Waals surface area contributed by atoms with E-state index >= 15 is 0 Å². The van der Waals surface area contributed by atoms with Crippen LogP contribution in [0.1, 0.15) is 13.3 Å². The molecule has 1 heterocycles. The number of nitrogens with one attached hydrogen (secondary N) is 3. The van der Waals surface area contributed by atoms with E-state index in [1.54, 1.807) is 0 Å². The third kappa shape index (κ3) is 3.16. The molecular formula is C17H21N3O. The van der Waals surface area contributed by atoms with Gasteiger partial charge in [0.25, 0.3) is 0 Å². The van der Waals surface area contributed by atoms with E-state index in [1.807, 2.05) is 42.5 Å². The first-order valence-electron chi connectivity index (χ1n) is 7.50. The molecule has 2 amide bonds. The van der Waals surface area contributed by atoms with Gasteiger partial charge in [0.2, 0.25) is 0 Å². The van der Waals surface area contributed by atoms with Gasteiger partial charge in [-0.05, 0) is 30.3 Å². The number of hydrogen-bond donors (Lipinski definition) is 3. The molecule has 2 aromatic carbocycles. The van der Waals surface area contributed by atoms with E-state index in [2.05, 4.69) is 22.9 Å². The van der Waals surface area contributed by atoms with Crippen LogP contribution in [0.2, 0.25) is 0 Å². The van der Waals surface area contributed by atoms with Crippen molar-refractivity contribution in [3.63, 3.8) is 0 Å². The van der Waals surface area contributed by atoms with Crippen molar-refractivity contribution in [3.8, 4) is 0 Å². The first-order valence-corrected chi connectivity index (χ1v) is 7.50. The van der Waals surface area contributed by atoms with Crippen LogP contribution < -0.4 is 16.0 Å². The molecule has 2 unspecified atom stereocenters. The summed E-state index contributed by atoms with van der Waals surface area (Å²) in [4.78, 5) is 12.2. The lowest BCUT2D eigenvalue weighted by Crippen LogP contribution is -2.51. The van der Waals surface area contributed by atoms with Gasteiger partial charge in [-0.3, -0.25) is 0 Å². The predicted molar refractivity (Wildman–Crippen MR) is 86.5 cm³/mol. The van der Waals surface area contributed by atoms with E-state index in [4.69, 9.17) is 0 Å². The second-order valence-electron chi connectivity index (χ2n) is 5.70. The van der Waals surface area contributed by atoms with Gasteiger partial charge >= 0.3 is 6.03 Å². The first-order chi connectivity index (χ1) is 10.2. The number of anilines is 1. The van der Waals surface area contributed by atoms with E-state index in [1.165, 1.54) is 0 Å². The van der Waals surface area contributed by atoms with Crippen molar-refractivity contribution in [1.29, 1.82) is 0 Å². The zero-order valence-corrected chi connectivity index (χ0v) is 12.2. The van der Waals surface area contributed by atoms with Crippen LogP contribution in [-0.4, -0.2) is 25.2 Å². The smallest absolute Gasteiger partial charge is 0.319 e. The summed E-state index contributed by atoms with van der Waals surface area (Å²) in [5.74, 6) is 0.504. The van der Waals surface area contributed by atoms with Crippen molar-refractivity contribution in [2.75, 3.05) is 18.4 Å². The summed E-state index contributed by atoms with van der Waals surface area (Å²) in [5, 5.41) is 11.6. The number of rotatable bonds is 2. The lowest BCUT2D eigenvalue weighted by Gasteiger charge is -2.30. The van der Waals surface area contributed by atoms with E-state index in [0.29, 0.717) is 5.92 Å². The van der Waals surface area contributed by atoms with Crippen LogP contribution in [0.5, 0.6) is 0 Å². The fraction of sp³-hybridized carbons (Fsp3) is 0.353. The number of fused-ring (bicyclic) bond motifs is 1. The van der Waals surface area contributed by atoms with E-state index in [9.17, 15) is 4.79 Å². The fourth-order valence-corrected chi connectivity index (χ4v) is 2.84. The topological polar surface area (TPSA) is 53.2 Å². The minimum atomic E-state index is -0.132. The summed E-state index contributed by atoms with van der Waals surface area (Å²) in [6.07, 6.45) is 1.10. The van der Waals surface area contributed by atoms with Gasteiger partial charge in [0.1, 0.15) is 0 Å². The highest BCUT2D eigenvalue weighted by Gasteiger charge is 2.22. The van der Waals surface area contributed by atoms with Gasteiger partial charge < -0.3 is 16.0 Å². The molecule has 0 spiro atoms. The molecule has 0 saturated carbocycles. The Labute approximate surface area is 124 Å². The van der Waals surface area contributed by atoms with Gasteiger partial charge in [-0.15, -0.1) is 0 Å². The number of urea groups is 1. The molecule has 0 aliphatic carbocycles.